The molecule has 0 radical (unpaired) electrons. The van der Waals surface area contributed by atoms with Gasteiger partial charge in [0.25, 0.3) is 5.91 Å². The highest BCUT2D eigenvalue weighted by molar-refractivity contribution is 6.43. The van der Waals surface area contributed by atoms with Gasteiger partial charge in [-0.2, -0.15) is 0 Å². The molecule has 0 saturated heterocycles. The number of nitrogens with one attached hydrogen (secondary N) is 2. The lowest BCUT2D eigenvalue weighted by atomic mass is 10.3. The molecule has 0 aromatic heterocycles. The van der Waals surface area contributed by atoms with Crippen LogP contribution in [0.2, 0.25) is 15.1 Å². The Morgan fingerprint density at radius 3 is 2.45 bits per heavy atom. The molecule has 20 heavy (non-hydrogen) atoms. The highest BCUT2D eigenvalue weighted by atomic mass is 35.5. The van der Waals surface area contributed by atoms with Gasteiger partial charge in [0.2, 0.25) is 0 Å². The lowest BCUT2D eigenvalue weighted by Gasteiger charge is -2.09. The Morgan fingerprint density at radius 1 is 1.15 bits per heavy atom. The first kappa shape index (κ1) is 16.9. The lowest BCUT2D eigenvalue weighted by Crippen LogP contribution is -2.41. The first-order valence-electron chi connectivity index (χ1n) is 5.79. The van der Waals surface area contributed by atoms with E-state index in [9.17, 15) is 9.59 Å². The number of hydrogen-bond acceptors (Lipinski definition) is 3. The molecule has 0 aliphatic carbocycles. The summed E-state index contributed by atoms with van der Waals surface area (Å²) in [6, 6.07) is 2.24. The number of amides is 3. The summed E-state index contributed by atoms with van der Waals surface area (Å²) < 4.78 is 5.17. The fourth-order valence-electron chi connectivity index (χ4n) is 1.20. The minimum Gasteiger partial charge on any atom is -0.482 e. The van der Waals surface area contributed by atoms with Crippen molar-refractivity contribution >= 4 is 46.7 Å². The predicted molar refractivity (Wildman–Crippen MR) is 78.8 cm³/mol. The van der Waals surface area contributed by atoms with Crippen molar-refractivity contribution < 1.29 is 14.3 Å². The predicted octanol–water partition coefficient (Wildman–Crippen LogP) is 3.26. The normalized spacial score (nSPS) is 10.0. The van der Waals surface area contributed by atoms with Crippen molar-refractivity contribution in [1.29, 1.82) is 0 Å². The molecule has 0 fully saturated rings. The summed E-state index contributed by atoms with van der Waals surface area (Å²) >= 11 is 17.4. The van der Waals surface area contributed by atoms with Crippen LogP contribution in [-0.4, -0.2) is 25.1 Å². The largest absolute Gasteiger partial charge is 0.482 e. The second-order valence-corrected chi connectivity index (χ2v) is 5.01. The van der Waals surface area contributed by atoms with Crippen LogP contribution in [0.1, 0.15) is 13.3 Å². The molecule has 5 nitrogen and oxygen atoms in total. The zero-order valence-corrected chi connectivity index (χ0v) is 12.9. The third kappa shape index (κ3) is 5.45. The third-order valence-electron chi connectivity index (χ3n) is 2.12. The highest BCUT2D eigenvalue weighted by Gasteiger charge is 2.11. The summed E-state index contributed by atoms with van der Waals surface area (Å²) in [6.07, 6.45) is 0.775. The first-order valence-corrected chi connectivity index (χ1v) is 6.92. The van der Waals surface area contributed by atoms with Crippen LogP contribution in [0, 0.1) is 0 Å². The molecule has 1 aromatic rings. The quantitative estimate of drug-likeness (QED) is 0.809. The van der Waals surface area contributed by atoms with E-state index in [1.807, 2.05) is 6.92 Å². The van der Waals surface area contributed by atoms with Gasteiger partial charge in [0, 0.05) is 12.6 Å². The molecule has 0 aliphatic heterocycles. The van der Waals surface area contributed by atoms with Crippen molar-refractivity contribution in [2.24, 2.45) is 0 Å². The molecule has 0 saturated carbocycles. The van der Waals surface area contributed by atoms with Crippen molar-refractivity contribution in [1.82, 2.24) is 10.6 Å². The van der Waals surface area contributed by atoms with Gasteiger partial charge in [0.1, 0.15) is 5.75 Å². The van der Waals surface area contributed by atoms with Crippen molar-refractivity contribution in [2.45, 2.75) is 13.3 Å². The molecule has 2 N–H and O–H groups in total. The average molecular weight is 340 g/mol. The lowest BCUT2D eigenvalue weighted by molar-refractivity contribution is -0.122. The smallest absolute Gasteiger partial charge is 0.321 e. The Kier molecular flexibility index (Phi) is 6.91. The average Bonchev–Trinajstić information content (AvgIpc) is 2.39. The summed E-state index contributed by atoms with van der Waals surface area (Å²) in [5.74, 6) is -0.383. The van der Waals surface area contributed by atoms with Gasteiger partial charge in [0.05, 0.1) is 15.1 Å². The van der Waals surface area contributed by atoms with Crippen molar-refractivity contribution in [3.05, 3.63) is 27.2 Å². The van der Waals surface area contributed by atoms with Crippen LogP contribution in [0.3, 0.4) is 0 Å². The Bertz CT molecular complexity index is 509. The maximum Gasteiger partial charge on any atom is 0.321 e. The van der Waals surface area contributed by atoms with E-state index in [0.717, 1.165) is 6.42 Å². The van der Waals surface area contributed by atoms with Crippen molar-refractivity contribution in [3.8, 4) is 5.75 Å². The number of benzene rings is 1. The molecule has 0 spiro atoms. The number of hydrogen-bond donors (Lipinski definition) is 2. The van der Waals surface area contributed by atoms with E-state index >= 15 is 0 Å². The first-order chi connectivity index (χ1) is 9.43. The summed E-state index contributed by atoms with van der Waals surface area (Å²) in [5, 5.41) is 5.38. The second kappa shape index (κ2) is 8.19. The molecule has 0 aliphatic rings. The minimum absolute atomic E-state index is 0.213. The van der Waals surface area contributed by atoms with E-state index in [0.29, 0.717) is 6.54 Å². The SMILES string of the molecule is CCCNC(=O)NC(=O)COc1cc(Cl)c(Cl)cc1Cl. The molecular formula is C12H13Cl3N2O3. The van der Waals surface area contributed by atoms with E-state index in [2.05, 4.69) is 10.6 Å². The van der Waals surface area contributed by atoms with E-state index < -0.39 is 11.9 Å². The van der Waals surface area contributed by atoms with Crippen LogP contribution in [0.25, 0.3) is 0 Å². The number of halogens is 3. The number of ether oxygens (including phenoxy) is 1. The van der Waals surface area contributed by atoms with E-state index in [1.165, 1.54) is 12.1 Å². The van der Waals surface area contributed by atoms with Crippen LogP contribution >= 0.6 is 34.8 Å². The summed E-state index contributed by atoms with van der Waals surface area (Å²) in [7, 11) is 0. The van der Waals surface area contributed by atoms with E-state index in [1.54, 1.807) is 0 Å². The van der Waals surface area contributed by atoms with Gasteiger partial charge in [-0.15, -0.1) is 0 Å². The van der Waals surface area contributed by atoms with Gasteiger partial charge in [-0.05, 0) is 12.5 Å². The molecular weight excluding hydrogens is 327 g/mol. The van der Waals surface area contributed by atoms with Crippen LogP contribution in [0.15, 0.2) is 12.1 Å². The Morgan fingerprint density at radius 2 is 1.80 bits per heavy atom. The number of carbonyl (C=O) groups excluding carboxylic acids is 2. The van der Waals surface area contributed by atoms with Crippen molar-refractivity contribution in [3.63, 3.8) is 0 Å². The summed E-state index contributed by atoms with van der Waals surface area (Å²) in [4.78, 5) is 22.7. The Hall–Kier alpha value is -1.17. The van der Waals surface area contributed by atoms with E-state index in [4.69, 9.17) is 39.5 Å². The molecule has 0 atom stereocenters. The van der Waals surface area contributed by atoms with Gasteiger partial charge in [-0.3, -0.25) is 10.1 Å². The fourth-order valence-corrected chi connectivity index (χ4v) is 1.80. The molecule has 0 unspecified atom stereocenters. The van der Waals surface area contributed by atoms with Crippen molar-refractivity contribution in [2.75, 3.05) is 13.2 Å². The maximum absolute atomic E-state index is 11.5. The third-order valence-corrected chi connectivity index (χ3v) is 3.14. The van der Waals surface area contributed by atoms with Gasteiger partial charge in [-0.25, -0.2) is 4.79 Å². The number of rotatable bonds is 5. The Balaban J connectivity index is 2.49. The standard InChI is InChI=1S/C12H13Cl3N2O3/c1-2-3-16-12(19)17-11(18)6-20-10-5-8(14)7(13)4-9(10)15/h4-5H,2-3,6H2,1H3,(H2,16,17,18,19). The fraction of sp³-hybridized carbons (Fsp3) is 0.333. The maximum atomic E-state index is 11.5. The van der Waals surface area contributed by atoms with Gasteiger partial charge in [-0.1, -0.05) is 41.7 Å². The van der Waals surface area contributed by atoms with Crippen LogP contribution < -0.4 is 15.4 Å². The highest BCUT2D eigenvalue weighted by Crippen LogP contribution is 2.33. The number of urea groups is 1. The van der Waals surface area contributed by atoms with Crippen LogP contribution in [0.4, 0.5) is 4.79 Å². The molecule has 8 heteroatoms. The molecule has 0 heterocycles. The zero-order valence-electron chi connectivity index (χ0n) is 10.6. The summed E-state index contributed by atoms with van der Waals surface area (Å²) in [6.45, 7) is 2.02. The Labute approximate surface area is 131 Å². The molecule has 1 rings (SSSR count). The van der Waals surface area contributed by atoms with Gasteiger partial charge in [0.15, 0.2) is 6.61 Å². The zero-order chi connectivity index (χ0) is 15.1. The second-order valence-electron chi connectivity index (χ2n) is 3.79. The topological polar surface area (TPSA) is 67.4 Å². The monoisotopic (exact) mass is 338 g/mol. The molecule has 3 amide bonds. The molecule has 0 bridgehead atoms. The number of carbonyl (C=O) groups is 2. The van der Waals surface area contributed by atoms with E-state index in [-0.39, 0.29) is 27.4 Å². The molecule has 1 aromatic carbocycles. The molecule has 110 valence electrons. The van der Waals surface area contributed by atoms with Gasteiger partial charge < -0.3 is 10.1 Å². The minimum atomic E-state index is -0.597. The van der Waals surface area contributed by atoms with Gasteiger partial charge >= 0.3 is 6.03 Å². The summed E-state index contributed by atoms with van der Waals surface area (Å²) in [5.41, 5.74) is 0. The number of imide groups is 1. The van der Waals surface area contributed by atoms with Crippen LogP contribution in [-0.2, 0) is 4.79 Å². The van der Waals surface area contributed by atoms with Crippen LogP contribution in [0.5, 0.6) is 5.75 Å².